The van der Waals surface area contributed by atoms with Gasteiger partial charge in [0.2, 0.25) is 5.91 Å². The molecule has 6 heteroatoms. The number of benzene rings is 1. The zero-order valence-corrected chi connectivity index (χ0v) is 14.5. The zero-order chi connectivity index (χ0) is 18.1. The highest BCUT2D eigenvalue weighted by Gasteiger charge is 2.51. The number of hydrogen-bond donors (Lipinski definition) is 2. The van der Waals surface area contributed by atoms with Gasteiger partial charge in [0.25, 0.3) is 5.91 Å². The Bertz CT molecular complexity index is 683. The molecule has 2 N–H and O–H groups in total. The van der Waals surface area contributed by atoms with Gasteiger partial charge in [-0.25, -0.2) is 0 Å². The van der Waals surface area contributed by atoms with E-state index in [-0.39, 0.29) is 11.8 Å². The van der Waals surface area contributed by atoms with Gasteiger partial charge in [-0.3, -0.25) is 20.4 Å². The number of hydrazine groups is 1. The Hall–Kier alpha value is -2.37. The molecule has 0 spiro atoms. The minimum atomic E-state index is -1.16. The van der Waals surface area contributed by atoms with Crippen molar-refractivity contribution in [2.24, 2.45) is 23.7 Å². The molecule has 1 aromatic carbocycles. The Morgan fingerprint density at radius 2 is 1.60 bits per heavy atom. The number of carbonyl (C=O) groups excluding carboxylic acids is 3. The second kappa shape index (κ2) is 6.86. The van der Waals surface area contributed by atoms with Gasteiger partial charge in [-0.1, -0.05) is 26.0 Å². The highest BCUT2D eigenvalue weighted by Crippen LogP contribution is 2.52. The second-order valence-electron chi connectivity index (χ2n) is 7.42. The van der Waals surface area contributed by atoms with Crippen LogP contribution in [0.5, 0.6) is 0 Å². The molecule has 0 unspecified atom stereocenters. The van der Waals surface area contributed by atoms with Crippen LogP contribution in [0.1, 0.15) is 54.9 Å². The number of carboxylic acid groups (broad SMARTS) is 1. The van der Waals surface area contributed by atoms with Crippen LogP contribution in [0.4, 0.5) is 0 Å². The summed E-state index contributed by atoms with van der Waals surface area (Å²) in [5.74, 6) is -2.93. The van der Waals surface area contributed by atoms with E-state index in [0.29, 0.717) is 11.5 Å². The predicted molar refractivity (Wildman–Crippen MR) is 89.0 cm³/mol. The summed E-state index contributed by atoms with van der Waals surface area (Å²) < 4.78 is 0. The third-order valence-corrected chi connectivity index (χ3v) is 5.63. The van der Waals surface area contributed by atoms with E-state index in [1.165, 1.54) is 0 Å². The summed E-state index contributed by atoms with van der Waals surface area (Å²) >= 11 is 0. The largest absolute Gasteiger partial charge is 0.550 e. The summed E-state index contributed by atoms with van der Waals surface area (Å²) in [4.78, 5) is 36.0. The van der Waals surface area contributed by atoms with Crippen molar-refractivity contribution in [1.29, 1.82) is 0 Å². The maximum Gasteiger partial charge on any atom is 0.269 e. The molecular weight excluding hydrogens is 320 g/mol. The third kappa shape index (κ3) is 3.38. The summed E-state index contributed by atoms with van der Waals surface area (Å²) in [6.45, 7) is 4.14. The van der Waals surface area contributed by atoms with Gasteiger partial charge in [0.05, 0.1) is 5.92 Å². The van der Waals surface area contributed by atoms with Crippen LogP contribution in [0.15, 0.2) is 24.3 Å². The average Bonchev–Trinajstić information content (AvgIpc) is 3.20. The topological polar surface area (TPSA) is 98.3 Å². The minimum Gasteiger partial charge on any atom is -0.550 e. The maximum atomic E-state index is 12.4. The fraction of sp³-hybridized carbons (Fsp3) is 0.526. The van der Waals surface area contributed by atoms with Crippen molar-refractivity contribution in [1.82, 2.24) is 10.9 Å². The molecule has 0 saturated heterocycles. The molecule has 2 aliphatic carbocycles. The lowest BCUT2D eigenvalue weighted by atomic mass is 9.79. The minimum absolute atomic E-state index is 0.0185. The molecule has 2 amide bonds. The Labute approximate surface area is 147 Å². The normalized spacial score (nSPS) is 27.3. The number of aliphatic carboxylic acids is 1. The lowest BCUT2D eigenvalue weighted by Crippen LogP contribution is -2.50. The Kier molecular flexibility index (Phi) is 4.79. The molecule has 6 nitrogen and oxygen atoms in total. The van der Waals surface area contributed by atoms with E-state index < -0.39 is 29.6 Å². The summed E-state index contributed by atoms with van der Waals surface area (Å²) in [5, 5.41) is 11.4. The van der Waals surface area contributed by atoms with Gasteiger partial charge in [0.1, 0.15) is 0 Å². The van der Waals surface area contributed by atoms with Crippen molar-refractivity contribution in [3.63, 3.8) is 0 Å². The zero-order valence-electron chi connectivity index (χ0n) is 14.5. The van der Waals surface area contributed by atoms with Crippen molar-refractivity contribution in [3.8, 4) is 0 Å². The number of nitrogens with one attached hydrogen (secondary N) is 2. The van der Waals surface area contributed by atoms with E-state index in [9.17, 15) is 19.5 Å². The first kappa shape index (κ1) is 17.5. The number of carboxylic acids is 1. The first-order valence-electron chi connectivity index (χ1n) is 8.79. The standard InChI is InChI=1S/C19H24N2O4/c1-10(2)11-3-5-12(6-4-11)17(22)20-21-18(23)15-13-7-8-14(9-13)16(15)19(24)25/h3-6,10,13-16H,7-9H2,1-2H3,(H,20,22)(H,21,23)(H,24,25)/p-1/t13-,14+,15-,16+/m1/s1. The van der Waals surface area contributed by atoms with Crippen LogP contribution in [0.25, 0.3) is 0 Å². The highest BCUT2D eigenvalue weighted by atomic mass is 16.4. The molecular formula is C19H23N2O4-. The molecule has 3 rings (SSSR count). The molecule has 25 heavy (non-hydrogen) atoms. The Balaban J connectivity index is 1.60. The van der Waals surface area contributed by atoms with Crippen LogP contribution in [-0.4, -0.2) is 17.8 Å². The van der Waals surface area contributed by atoms with Crippen LogP contribution in [0.3, 0.4) is 0 Å². The monoisotopic (exact) mass is 343 g/mol. The van der Waals surface area contributed by atoms with Gasteiger partial charge in [-0.2, -0.15) is 0 Å². The van der Waals surface area contributed by atoms with Gasteiger partial charge < -0.3 is 9.90 Å². The second-order valence-corrected chi connectivity index (χ2v) is 7.42. The molecule has 2 bridgehead atoms. The molecule has 134 valence electrons. The van der Waals surface area contributed by atoms with E-state index in [4.69, 9.17) is 0 Å². The molecule has 1 aromatic rings. The van der Waals surface area contributed by atoms with Crippen molar-refractivity contribution in [3.05, 3.63) is 35.4 Å². The molecule has 2 aliphatic rings. The van der Waals surface area contributed by atoms with Crippen LogP contribution in [0.2, 0.25) is 0 Å². The molecule has 4 atom stereocenters. The van der Waals surface area contributed by atoms with Crippen LogP contribution in [-0.2, 0) is 9.59 Å². The first-order valence-corrected chi connectivity index (χ1v) is 8.79. The number of hydrogen-bond acceptors (Lipinski definition) is 4. The molecule has 0 heterocycles. The lowest BCUT2D eigenvalue weighted by molar-refractivity contribution is -0.314. The van der Waals surface area contributed by atoms with E-state index in [1.807, 2.05) is 12.1 Å². The van der Waals surface area contributed by atoms with E-state index >= 15 is 0 Å². The van der Waals surface area contributed by atoms with Crippen LogP contribution < -0.4 is 16.0 Å². The van der Waals surface area contributed by atoms with Gasteiger partial charge >= 0.3 is 0 Å². The summed E-state index contributed by atoms with van der Waals surface area (Å²) in [7, 11) is 0. The van der Waals surface area contributed by atoms with Gasteiger partial charge in [0, 0.05) is 17.5 Å². The number of carbonyl (C=O) groups is 3. The Morgan fingerprint density at radius 1 is 1.00 bits per heavy atom. The van der Waals surface area contributed by atoms with Crippen molar-refractivity contribution < 1.29 is 19.5 Å². The van der Waals surface area contributed by atoms with Gasteiger partial charge in [-0.15, -0.1) is 0 Å². The fourth-order valence-corrected chi connectivity index (χ4v) is 4.30. The number of fused-ring (bicyclic) bond motifs is 2. The smallest absolute Gasteiger partial charge is 0.269 e. The van der Waals surface area contributed by atoms with E-state index in [2.05, 4.69) is 24.7 Å². The summed E-state index contributed by atoms with van der Waals surface area (Å²) in [6.07, 6.45) is 2.44. The fourth-order valence-electron chi connectivity index (χ4n) is 4.30. The first-order chi connectivity index (χ1) is 11.9. The SMILES string of the molecule is CC(C)c1ccc(C(=O)NNC(=O)[C@@H]2[C@@H]3CC[C@@H](C3)[C@@H]2C(=O)[O-])cc1. The lowest BCUT2D eigenvalue weighted by Gasteiger charge is -2.30. The van der Waals surface area contributed by atoms with Gasteiger partial charge in [0.15, 0.2) is 0 Å². The molecule has 2 fully saturated rings. The summed E-state index contributed by atoms with van der Waals surface area (Å²) in [6, 6.07) is 7.17. The van der Waals surface area contributed by atoms with Crippen molar-refractivity contribution in [2.75, 3.05) is 0 Å². The van der Waals surface area contributed by atoms with Crippen molar-refractivity contribution >= 4 is 17.8 Å². The number of rotatable bonds is 4. The molecule has 0 aliphatic heterocycles. The van der Waals surface area contributed by atoms with Crippen LogP contribution >= 0.6 is 0 Å². The van der Waals surface area contributed by atoms with E-state index in [0.717, 1.165) is 24.8 Å². The maximum absolute atomic E-state index is 12.4. The highest BCUT2D eigenvalue weighted by molar-refractivity contribution is 5.96. The van der Waals surface area contributed by atoms with Gasteiger partial charge in [-0.05, 0) is 54.7 Å². The van der Waals surface area contributed by atoms with E-state index in [1.54, 1.807) is 12.1 Å². The predicted octanol–water partition coefficient (Wildman–Crippen LogP) is 0.983. The molecule has 0 radical (unpaired) electrons. The third-order valence-electron chi connectivity index (χ3n) is 5.63. The van der Waals surface area contributed by atoms with Crippen LogP contribution in [0, 0.1) is 23.7 Å². The molecule has 0 aromatic heterocycles. The number of amides is 2. The average molecular weight is 343 g/mol. The molecule has 2 saturated carbocycles. The summed E-state index contributed by atoms with van der Waals surface area (Å²) in [5.41, 5.74) is 6.36. The quantitative estimate of drug-likeness (QED) is 0.796. The Morgan fingerprint density at radius 3 is 2.16 bits per heavy atom. The van der Waals surface area contributed by atoms with Crippen molar-refractivity contribution in [2.45, 2.75) is 39.0 Å².